The number of rotatable bonds is 5. The molecule has 4 rings (SSSR count). The quantitative estimate of drug-likeness (QED) is 0.609. The van der Waals surface area contributed by atoms with E-state index in [0.29, 0.717) is 22.7 Å². The molecule has 1 aliphatic rings. The minimum Gasteiger partial charge on any atom is -0.480 e. The topological polar surface area (TPSA) is 110 Å². The summed E-state index contributed by atoms with van der Waals surface area (Å²) in [5.74, 6) is -0.0824. The monoisotopic (exact) mass is 424 g/mol. The average molecular weight is 424 g/mol. The number of fused-ring (bicyclic) bond motifs is 1. The Hall–Kier alpha value is -3.36. The van der Waals surface area contributed by atoms with Crippen molar-refractivity contribution in [2.24, 2.45) is 0 Å². The van der Waals surface area contributed by atoms with Crippen LogP contribution in [-0.4, -0.2) is 29.8 Å². The van der Waals surface area contributed by atoms with Gasteiger partial charge in [0.15, 0.2) is 0 Å². The van der Waals surface area contributed by atoms with Gasteiger partial charge in [0.25, 0.3) is 0 Å². The van der Waals surface area contributed by atoms with Crippen molar-refractivity contribution < 1.29 is 23.1 Å². The van der Waals surface area contributed by atoms with Crippen molar-refractivity contribution in [3.8, 4) is 11.5 Å². The van der Waals surface area contributed by atoms with Gasteiger partial charge in [-0.25, -0.2) is 8.42 Å². The Bertz CT molecular complexity index is 1180. The molecule has 0 spiro atoms. The summed E-state index contributed by atoms with van der Waals surface area (Å²) in [6.07, 6.45) is 0.0827. The van der Waals surface area contributed by atoms with Gasteiger partial charge in [-0.1, -0.05) is 24.3 Å². The van der Waals surface area contributed by atoms with E-state index < -0.39 is 22.0 Å². The number of aliphatic carboxylic acids is 1. The van der Waals surface area contributed by atoms with Gasteiger partial charge < -0.3 is 15.6 Å². The third-order valence-electron chi connectivity index (χ3n) is 5.01. The molecular formula is C22H20N2O5S. The van der Waals surface area contributed by atoms with Crippen molar-refractivity contribution in [1.82, 2.24) is 4.31 Å². The smallest absolute Gasteiger partial charge is 0.322 e. The second kappa shape index (κ2) is 7.81. The summed E-state index contributed by atoms with van der Waals surface area (Å²) in [5.41, 5.74) is 7.82. The minimum atomic E-state index is -4.05. The molecule has 8 heteroatoms. The van der Waals surface area contributed by atoms with Gasteiger partial charge in [0, 0.05) is 18.7 Å². The predicted octanol–water partition coefficient (Wildman–Crippen LogP) is 3.26. The first-order valence-corrected chi connectivity index (χ1v) is 10.7. The summed E-state index contributed by atoms with van der Waals surface area (Å²) in [4.78, 5) is 11.8. The van der Waals surface area contributed by atoms with E-state index in [-0.39, 0.29) is 17.9 Å². The lowest BCUT2D eigenvalue weighted by atomic mass is 9.95. The highest BCUT2D eigenvalue weighted by Crippen LogP contribution is 2.31. The molecule has 0 amide bonds. The summed E-state index contributed by atoms with van der Waals surface area (Å²) < 4.78 is 33.2. The fraction of sp³-hybridized carbons (Fsp3) is 0.136. The lowest BCUT2D eigenvalue weighted by molar-refractivity contribution is -0.141. The summed E-state index contributed by atoms with van der Waals surface area (Å²) in [6.45, 7) is -0.0536. The molecule has 0 unspecified atom stereocenters. The molecule has 0 aromatic heterocycles. The van der Waals surface area contributed by atoms with Crippen molar-refractivity contribution in [3.63, 3.8) is 0 Å². The molecular weight excluding hydrogens is 404 g/mol. The molecule has 0 saturated heterocycles. The highest BCUT2D eigenvalue weighted by atomic mass is 32.2. The summed E-state index contributed by atoms with van der Waals surface area (Å²) in [5, 5.41) is 9.66. The molecule has 30 heavy (non-hydrogen) atoms. The molecule has 7 nitrogen and oxygen atoms in total. The van der Waals surface area contributed by atoms with E-state index in [2.05, 4.69) is 0 Å². The Labute approximate surface area is 174 Å². The number of carbonyl (C=O) groups is 1. The van der Waals surface area contributed by atoms with Gasteiger partial charge in [-0.2, -0.15) is 4.31 Å². The number of ether oxygens (including phenoxy) is 1. The zero-order chi connectivity index (χ0) is 21.3. The van der Waals surface area contributed by atoms with E-state index in [4.69, 9.17) is 10.5 Å². The van der Waals surface area contributed by atoms with Gasteiger partial charge in [-0.05, 0) is 59.7 Å². The Balaban J connectivity index is 1.63. The van der Waals surface area contributed by atoms with Crippen molar-refractivity contribution in [2.45, 2.75) is 23.9 Å². The molecule has 0 fully saturated rings. The molecule has 3 aromatic carbocycles. The Morgan fingerprint density at radius 3 is 2.30 bits per heavy atom. The molecule has 0 radical (unpaired) electrons. The molecule has 3 N–H and O–H groups in total. The molecule has 1 heterocycles. The average Bonchev–Trinajstić information content (AvgIpc) is 2.74. The Morgan fingerprint density at radius 2 is 1.63 bits per heavy atom. The first kappa shape index (κ1) is 19.9. The van der Waals surface area contributed by atoms with Gasteiger partial charge in [-0.3, -0.25) is 4.79 Å². The molecule has 3 aromatic rings. The van der Waals surface area contributed by atoms with E-state index in [1.165, 1.54) is 12.1 Å². The van der Waals surface area contributed by atoms with Crippen LogP contribution in [0.15, 0.2) is 77.7 Å². The normalized spacial score (nSPS) is 16.6. The Kier molecular flexibility index (Phi) is 5.19. The molecule has 1 atom stereocenters. The van der Waals surface area contributed by atoms with Crippen molar-refractivity contribution in [2.75, 3.05) is 5.73 Å². The fourth-order valence-corrected chi connectivity index (χ4v) is 5.04. The summed E-state index contributed by atoms with van der Waals surface area (Å²) in [6, 6.07) is 19.0. The first-order valence-electron chi connectivity index (χ1n) is 9.29. The van der Waals surface area contributed by atoms with Crippen LogP contribution >= 0.6 is 0 Å². The lowest BCUT2D eigenvalue weighted by Crippen LogP contribution is -2.48. The second-order valence-corrected chi connectivity index (χ2v) is 8.91. The van der Waals surface area contributed by atoms with Crippen LogP contribution in [-0.2, 0) is 27.8 Å². The summed E-state index contributed by atoms with van der Waals surface area (Å²) >= 11 is 0. The third-order valence-corrected chi connectivity index (χ3v) is 6.88. The van der Waals surface area contributed by atoms with Crippen LogP contribution < -0.4 is 10.5 Å². The zero-order valence-electron chi connectivity index (χ0n) is 15.9. The maximum atomic E-state index is 13.3. The number of para-hydroxylation sites is 1. The van der Waals surface area contributed by atoms with Crippen LogP contribution in [0.4, 0.5) is 5.69 Å². The van der Waals surface area contributed by atoms with Crippen molar-refractivity contribution >= 4 is 21.7 Å². The number of nitrogen functional groups attached to an aromatic ring is 1. The highest BCUT2D eigenvalue weighted by Gasteiger charge is 2.39. The number of nitrogens with two attached hydrogens (primary N) is 1. The maximum absolute atomic E-state index is 13.3. The molecule has 0 aliphatic carbocycles. The fourth-order valence-electron chi connectivity index (χ4n) is 3.48. The lowest BCUT2D eigenvalue weighted by Gasteiger charge is -2.33. The zero-order valence-corrected chi connectivity index (χ0v) is 16.7. The standard InChI is InChI=1S/C22H20N2O5S/c23-17-7-6-15-13-21(22(25)26)24(14-16(15)12-17)30(27,28)20-10-8-19(9-11-20)29-18-4-2-1-3-5-18/h1-12,21H,13-14,23H2,(H,25,26)/t21-/m1/s1. The number of sulfonamides is 1. The molecule has 154 valence electrons. The van der Waals surface area contributed by atoms with Crippen LogP contribution in [0.2, 0.25) is 0 Å². The number of anilines is 1. The van der Waals surface area contributed by atoms with Crippen LogP contribution in [0.5, 0.6) is 11.5 Å². The van der Waals surface area contributed by atoms with Crippen molar-refractivity contribution in [3.05, 3.63) is 83.9 Å². The van der Waals surface area contributed by atoms with E-state index in [1.54, 1.807) is 42.5 Å². The molecule has 1 aliphatic heterocycles. The third kappa shape index (κ3) is 3.87. The Morgan fingerprint density at radius 1 is 0.967 bits per heavy atom. The molecule has 0 bridgehead atoms. The van der Waals surface area contributed by atoms with E-state index in [0.717, 1.165) is 9.87 Å². The number of hydrogen-bond donors (Lipinski definition) is 2. The number of carboxylic acids is 1. The predicted molar refractivity (Wildman–Crippen MR) is 112 cm³/mol. The van der Waals surface area contributed by atoms with Gasteiger partial charge in [0.05, 0.1) is 4.90 Å². The van der Waals surface area contributed by atoms with Gasteiger partial charge >= 0.3 is 5.97 Å². The number of hydrogen-bond acceptors (Lipinski definition) is 5. The van der Waals surface area contributed by atoms with E-state index in [9.17, 15) is 18.3 Å². The van der Waals surface area contributed by atoms with Gasteiger partial charge in [-0.15, -0.1) is 0 Å². The van der Waals surface area contributed by atoms with Crippen LogP contribution in [0, 0.1) is 0 Å². The highest BCUT2D eigenvalue weighted by molar-refractivity contribution is 7.89. The number of benzene rings is 3. The second-order valence-electron chi connectivity index (χ2n) is 7.02. The van der Waals surface area contributed by atoms with E-state index in [1.807, 2.05) is 18.2 Å². The molecule has 0 saturated carbocycles. The van der Waals surface area contributed by atoms with Gasteiger partial charge in [0.1, 0.15) is 17.5 Å². The number of carboxylic acid groups (broad SMARTS) is 1. The van der Waals surface area contributed by atoms with E-state index >= 15 is 0 Å². The van der Waals surface area contributed by atoms with Crippen LogP contribution in [0.3, 0.4) is 0 Å². The minimum absolute atomic E-state index is 0.00140. The van der Waals surface area contributed by atoms with Crippen molar-refractivity contribution in [1.29, 1.82) is 0 Å². The van der Waals surface area contributed by atoms with Gasteiger partial charge in [0.2, 0.25) is 10.0 Å². The SMILES string of the molecule is Nc1ccc2c(c1)CN(S(=O)(=O)c1ccc(Oc3ccccc3)cc1)[C@@H](C(=O)O)C2. The largest absolute Gasteiger partial charge is 0.480 e. The maximum Gasteiger partial charge on any atom is 0.322 e. The van der Waals surface area contributed by atoms with Crippen LogP contribution in [0.1, 0.15) is 11.1 Å². The number of nitrogens with zero attached hydrogens (tertiary/aromatic N) is 1. The first-order chi connectivity index (χ1) is 14.3. The van der Waals surface area contributed by atoms with Crippen LogP contribution in [0.25, 0.3) is 0 Å². The summed E-state index contributed by atoms with van der Waals surface area (Å²) in [7, 11) is -4.05.